The summed E-state index contributed by atoms with van der Waals surface area (Å²) in [5.41, 5.74) is 6.48. The molecule has 0 aromatic heterocycles. The molecular weight excluding hydrogens is 588 g/mol. The summed E-state index contributed by atoms with van der Waals surface area (Å²) in [6.45, 7) is 5.91. The third-order valence-corrected chi connectivity index (χ3v) is 10.1. The highest BCUT2D eigenvalue weighted by Gasteiger charge is 2.49. The summed E-state index contributed by atoms with van der Waals surface area (Å²) in [6.07, 6.45) is 4.65. The third kappa shape index (κ3) is 8.05. The molecule has 11 heteroatoms. The van der Waals surface area contributed by atoms with Crippen LogP contribution in [0.1, 0.15) is 70.4 Å². The number of carbonyl (C=O) groups excluding carboxylic acids is 2. The molecule has 1 saturated carbocycles. The Morgan fingerprint density at radius 1 is 1.09 bits per heavy atom. The van der Waals surface area contributed by atoms with Gasteiger partial charge in [-0.3, -0.25) is 9.59 Å². The molecule has 1 fully saturated rings. The smallest absolute Gasteiger partial charge is 0.247 e. The number of amides is 2. The first-order valence-electron chi connectivity index (χ1n) is 14.9. The largest absolute Gasteiger partial charge is 0.374 e. The van der Waals surface area contributed by atoms with Gasteiger partial charge >= 0.3 is 0 Å². The second-order valence-corrected chi connectivity index (χ2v) is 14.0. The van der Waals surface area contributed by atoms with E-state index >= 15 is 0 Å². The zero-order chi connectivity index (χ0) is 31.3. The molecule has 0 bridgehead atoms. The molecule has 1 aliphatic heterocycles. The molecule has 0 saturated heterocycles. The minimum absolute atomic E-state index is 0.0371. The number of hydrogen-bond acceptors (Lipinski definition) is 6. The van der Waals surface area contributed by atoms with Gasteiger partial charge in [0.15, 0.2) is 0 Å². The average molecular weight is 631 g/mol. The lowest BCUT2D eigenvalue weighted by Gasteiger charge is -2.36. The van der Waals surface area contributed by atoms with Crippen molar-refractivity contribution in [3.05, 3.63) is 76.3 Å². The zero-order valence-corrected chi connectivity index (χ0v) is 26.8. The number of ether oxygens (including phenoxy) is 1. The van der Waals surface area contributed by atoms with Crippen LogP contribution in [0.4, 0.5) is 0 Å². The van der Waals surface area contributed by atoms with Gasteiger partial charge < -0.3 is 20.7 Å². The number of sulfonamides is 1. The van der Waals surface area contributed by atoms with E-state index in [1.807, 2.05) is 37.3 Å². The van der Waals surface area contributed by atoms with Crippen LogP contribution in [0.5, 0.6) is 0 Å². The van der Waals surface area contributed by atoms with Crippen LogP contribution in [0.15, 0.2) is 60.2 Å². The number of rotatable bonds is 12. The number of halogens is 1. The van der Waals surface area contributed by atoms with Crippen molar-refractivity contribution in [2.45, 2.75) is 83.0 Å². The highest BCUT2D eigenvalue weighted by atomic mass is 35.5. The van der Waals surface area contributed by atoms with Crippen LogP contribution in [0.2, 0.25) is 5.02 Å². The molecule has 1 spiro atoms. The molecule has 234 valence electrons. The van der Waals surface area contributed by atoms with Gasteiger partial charge in [-0.15, -0.1) is 0 Å². The number of nitrogens with two attached hydrogens (primary N) is 1. The maximum Gasteiger partial charge on any atom is 0.247 e. The van der Waals surface area contributed by atoms with Crippen LogP contribution in [-0.4, -0.2) is 61.9 Å². The number of carbonyl (C=O) groups is 2. The maximum atomic E-state index is 13.9. The Morgan fingerprint density at radius 3 is 2.35 bits per heavy atom. The number of nitrogens with one attached hydrogen (secondary N) is 2. The highest BCUT2D eigenvalue weighted by molar-refractivity contribution is 7.99. The predicted molar refractivity (Wildman–Crippen MR) is 169 cm³/mol. The van der Waals surface area contributed by atoms with Crippen LogP contribution >= 0.6 is 11.6 Å². The van der Waals surface area contributed by atoms with Gasteiger partial charge in [0.05, 0.1) is 29.2 Å². The van der Waals surface area contributed by atoms with E-state index in [9.17, 15) is 18.0 Å². The van der Waals surface area contributed by atoms with Crippen LogP contribution in [-0.2, 0) is 31.0 Å². The molecule has 4 rings (SSSR count). The van der Waals surface area contributed by atoms with E-state index < -0.39 is 33.1 Å². The Hall–Kier alpha value is -2.76. The van der Waals surface area contributed by atoms with Crippen molar-refractivity contribution >= 4 is 38.3 Å². The number of nitrogens with zero attached hydrogens (tertiary/aromatic N) is 1. The van der Waals surface area contributed by atoms with Gasteiger partial charge in [0, 0.05) is 18.1 Å². The van der Waals surface area contributed by atoms with Crippen molar-refractivity contribution in [3.63, 3.8) is 0 Å². The topological polar surface area (TPSA) is 131 Å². The lowest BCUT2D eigenvalue weighted by molar-refractivity contribution is -0.139. The Bertz CT molecular complexity index is 1420. The van der Waals surface area contributed by atoms with Crippen molar-refractivity contribution in [3.8, 4) is 0 Å². The molecule has 9 nitrogen and oxygen atoms in total. The van der Waals surface area contributed by atoms with Gasteiger partial charge in [0.2, 0.25) is 21.8 Å². The van der Waals surface area contributed by atoms with E-state index in [2.05, 4.69) is 10.0 Å². The van der Waals surface area contributed by atoms with Gasteiger partial charge in [0.25, 0.3) is 0 Å². The molecule has 0 radical (unpaired) electrons. The Balaban J connectivity index is 1.59. The first-order chi connectivity index (χ1) is 20.4. The van der Waals surface area contributed by atoms with E-state index in [1.165, 1.54) is 0 Å². The fraction of sp³-hybridized carbons (Fsp3) is 0.500. The van der Waals surface area contributed by atoms with Gasteiger partial charge in [0.1, 0.15) is 6.04 Å². The normalized spacial score (nSPS) is 18.4. The van der Waals surface area contributed by atoms with E-state index in [-0.39, 0.29) is 30.6 Å². The van der Waals surface area contributed by atoms with Gasteiger partial charge in [-0.1, -0.05) is 73.3 Å². The first-order valence-corrected chi connectivity index (χ1v) is 16.8. The molecule has 1 aliphatic carbocycles. The number of likely N-dealkylation sites (N-methyl/N-ethyl adjacent to an activating group) is 1. The fourth-order valence-corrected chi connectivity index (χ4v) is 8.01. The second-order valence-electron chi connectivity index (χ2n) is 12.0. The van der Waals surface area contributed by atoms with Crippen molar-refractivity contribution in [2.24, 2.45) is 5.73 Å². The lowest BCUT2D eigenvalue weighted by Crippen LogP contribution is -2.58. The number of benzene rings is 2. The summed E-state index contributed by atoms with van der Waals surface area (Å²) in [4.78, 5) is 28.6. The minimum atomic E-state index is -3.78. The van der Waals surface area contributed by atoms with Crippen molar-refractivity contribution in [1.82, 2.24) is 14.9 Å². The zero-order valence-electron chi connectivity index (χ0n) is 25.2. The van der Waals surface area contributed by atoms with Crippen molar-refractivity contribution in [2.75, 3.05) is 19.7 Å². The molecule has 43 heavy (non-hydrogen) atoms. The molecule has 2 aromatic rings. The first kappa shape index (κ1) is 33.1. The Kier molecular flexibility index (Phi) is 10.7. The van der Waals surface area contributed by atoms with Crippen molar-refractivity contribution in [1.29, 1.82) is 0 Å². The van der Waals surface area contributed by atoms with Crippen LogP contribution < -0.4 is 15.8 Å². The molecule has 2 aromatic carbocycles. The van der Waals surface area contributed by atoms with Crippen LogP contribution in [0.3, 0.4) is 0 Å². The molecule has 2 amide bonds. The van der Waals surface area contributed by atoms with E-state index in [0.717, 1.165) is 30.4 Å². The van der Waals surface area contributed by atoms with Gasteiger partial charge in [-0.25, -0.2) is 13.1 Å². The van der Waals surface area contributed by atoms with Gasteiger partial charge in [-0.05, 0) is 68.9 Å². The van der Waals surface area contributed by atoms with Crippen LogP contribution in [0.25, 0.3) is 4.91 Å². The summed E-state index contributed by atoms with van der Waals surface area (Å²) in [7, 11) is -3.78. The quantitative estimate of drug-likeness (QED) is 0.319. The molecule has 2 aliphatic rings. The van der Waals surface area contributed by atoms with E-state index in [1.54, 1.807) is 43.0 Å². The highest BCUT2D eigenvalue weighted by Crippen LogP contribution is 2.47. The molecule has 0 unspecified atom stereocenters. The summed E-state index contributed by atoms with van der Waals surface area (Å²) < 4.78 is 36.0. The molecular formula is C32H43ClN4O5S. The summed E-state index contributed by atoms with van der Waals surface area (Å²) in [5, 5.41) is 3.30. The lowest BCUT2D eigenvalue weighted by atomic mass is 9.75. The minimum Gasteiger partial charge on any atom is -0.374 e. The summed E-state index contributed by atoms with van der Waals surface area (Å²) >= 11 is 6.12. The predicted octanol–water partition coefficient (Wildman–Crippen LogP) is 4.36. The fourth-order valence-electron chi connectivity index (χ4n) is 5.87. The van der Waals surface area contributed by atoms with Crippen molar-refractivity contribution < 1.29 is 22.7 Å². The van der Waals surface area contributed by atoms with E-state index in [4.69, 9.17) is 22.1 Å². The SMILES string of the molecule is CCN(CCC1=C(c2ccc(Cl)cc2)S(=O)(=O)NC12CCCCC2)C(=O)[C@@H](COCc1ccccc1)NC(=O)C(C)(C)N. The summed E-state index contributed by atoms with van der Waals surface area (Å²) in [6, 6.07) is 15.4. The second kappa shape index (κ2) is 13.9. The summed E-state index contributed by atoms with van der Waals surface area (Å²) in [5.74, 6) is -0.779. The third-order valence-electron chi connectivity index (χ3n) is 8.17. The van der Waals surface area contributed by atoms with Crippen LogP contribution in [0, 0.1) is 0 Å². The average Bonchev–Trinajstić information content (AvgIpc) is 3.18. The van der Waals surface area contributed by atoms with E-state index in [0.29, 0.717) is 36.4 Å². The Labute approximate surface area is 260 Å². The monoisotopic (exact) mass is 630 g/mol. The molecule has 4 N–H and O–H groups in total. The maximum absolute atomic E-state index is 13.9. The molecule has 1 heterocycles. The molecule has 1 atom stereocenters. The Morgan fingerprint density at radius 2 is 1.74 bits per heavy atom. The standard InChI is InChI=1S/C32H43ClN4O5S/c1-4-37(29(38)27(35-30(39)31(2,3)34)22-42-21-23-11-7-5-8-12-23)20-17-26-28(24-13-15-25(33)16-14-24)43(40,41)36-32(26)18-9-6-10-19-32/h5,7-8,11-16,27,36H,4,6,9-10,17-22,34H2,1-3H3,(H,35,39)/t27-/m1/s1. The number of hydrogen-bond donors (Lipinski definition) is 3. The van der Waals surface area contributed by atoms with Gasteiger partial charge in [-0.2, -0.15) is 0 Å².